The number of rotatable bonds is 2. The van der Waals surface area contributed by atoms with Crippen molar-refractivity contribution in [3.63, 3.8) is 0 Å². The van der Waals surface area contributed by atoms with Crippen LogP contribution in [0.3, 0.4) is 0 Å². The second-order valence-electron chi connectivity index (χ2n) is 7.52. The van der Waals surface area contributed by atoms with Gasteiger partial charge in [-0.3, -0.25) is 4.90 Å². The minimum Gasteiger partial charge on any atom is -0.370 e. The van der Waals surface area contributed by atoms with Crippen LogP contribution in [0.25, 0.3) is 5.69 Å². The summed E-state index contributed by atoms with van der Waals surface area (Å²) in [6, 6.07) is 5.88. The Hall–Kier alpha value is -2.02. The molecule has 1 saturated heterocycles. The quantitative estimate of drug-likeness (QED) is 0.815. The molecule has 0 radical (unpaired) electrons. The number of anilines is 1. The number of nitrogens with one attached hydrogen (secondary N) is 1. The number of benzene rings is 1. The Morgan fingerprint density at radius 1 is 1.11 bits per heavy atom. The number of alkyl halides is 3. The summed E-state index contributed by atoms with van der Waals surface area (Å²) in [6.45, 7) is 1.76. The van der Waals surface area contributed by atoms with Crippen molar-refractivity contribution in [2.45, 2.75) is 50.7 Å². The topological polar surface area (TPSA) is 33.1 Å². The number of para-hydroxylation sites is 1. The van der Waals surface area contributed by atoms with E-state index in [0.717, 1.165) is 74.8 Å². The number of halogens is 3. The number of nitrogens with zero attached hydrogens (tertiary/aromatic N) is 3. The summed E-state index contributed by atoms with van der Waals surface area (Å²) in [6.07, 6.45) is 1.76. The van der Waals surface area contributed by atoms with Gasteiger partial charge in [-0.2, -0.15) is 18.3 Å². The fraction of sp³-hybridized carbons (Fsp3) is 0.550. The van der Waals surface area contributed by atoms with E-state index in [1.807, 2.05) is 0 Å². The van der Waals surface area contributed by atoms with E-state index >= 15 is 0 Å². The average Bonchev–Trinajstić information content (AvgIpc) is 2.83. The third kappa shape index (κ3) is 3.45. The van der Waals surface area contributed by atoms with Crippen LogP contribution >= 0.6 is 0 Å². The maximum Gasteiger partial charge on any atom is 0.418 e. The van der Waals surface area contributed by atoms with Gasteiger partial charge >= 0.3 is 6.18 Å². The summed E-state index contributed by atoms with van der Waals surface area (Å²) in [5.74, 6) is 0.734. The second-order valence-corrected chi connectivity index (χ2v) is 7.52. The minimum atomic E-state index is -4.41. The summed E-state index contributed by atoms with van der Waals surface area (Å²) < 4.78 is 42.3. The van der Waals surface area contributed by atoms with Gasteiger partial charge in [0.15, 0.2) is 0 Å². The van der Waals surface area contributed by atoms with Gasteiger partial charge in [-0.25, -0.2) is 4.68 Å². The maximum absolute atomic E-state index is 13.6. The molecule has 0 bridgehead atoms. The van der Waals surface area contributed by atoms with Gasteiger partial charge < -0.3 is 5.32 Å². The number of hydrogen-bond acceptors (Lipinski definition) is 3. The molecule has 2 aliphatic heterocycles. The zero-order valence-corrected chi connectivity index (χ0v) is 15.5. The first kappa shape index (κ1) is 18.3. The molecule has 0 aliphatic carbocycles. The van der Waals surface area contributed by atoms with Crippen molar-refractivity contribution in [3.05, 3.63) is 41.1 Å². The predicted octanol–water partition coefficient (Wildman–Crippen LogP) is 4.80. The molecule has 1 aromatic heterocycles. The molecule has 0 saturated carbocycles. The number of hydrogen-bond donors (Lipinski definition) is 1. The van der Waals surface area contributed by atoms with Crippen LogP contribution < -0.4 is 5.32 Å². The second kappa shape index (κ2) is 7.19. The van der Waals surface area contributed by atoms with Crippen molar-refractivity contribution in [2.75, 3.05) is 25.5 Å². The van der Waals surface area contributed by atoms with Crippen LogP contribution in [0, 0.1) is 0 Å². The van der Waals surface area contributed by atoms with Crippen molar-refractivity contribution >= 4 is 5.82 Å². The molecule has 146 valence electrons. The van der Waals surface area contributed by atoms with E-state index in [0.29, 0.717) is 0 Å². The highest BCUT2D eigenvalue weighted by Crippen LogP contribution is 2.39. The van der Waals surface area contributed by atoms with Crippen LogP contribution in [-0.4, -0.2) is 34.8 Å². The first-order valence-electron chi connectivity index (χ1n) is 9.69. The molecule has 1 N–H and O–H groups in total. The first-order chi connectivity index (χ1) is 13.0. The zero-order chi connectivity index (χ0) is 19.0. The van der Waals surface area contributed by atoms with Crippen molar-refractivity contribution in [2.24, 2.45) is 0 Å². The number of fused-ring (bicyclic) bond motifs is 1. The van der Waals surface area contributed by atoms with Gasteiger partial charge in [-0.1, -0.05) is 18.6 Å². The van der Waals surface area contributed by atoms with Gasteiger partial charge in [0.05, 0.1) is 23.0 Å². The summed E-state index contributed by atoms with van der Waals surface area (Å²) >= 11 is 0. The largest absolute Gasteiger partial charge is 0.418 e. The predicted molar refractivity (Wildman–Crippen MR) is 99.2 cm³/mol. The van der Waals surface area contributed by atoms with Gasteiger partial charge in [-0.15, -0.1) is 0 Å². The molecule has 27 heavy (non-hydrogen) atoms. The van der Waals surface area contributed by atoms with Crippen LogP contribution in [0.15, 0.2) is 24.3 Å². The fourth-order valence-electron chi connectivity index (χ4n) is 4.29. The highest BCUT2D eigenvalue weighted by atomic mass is 19.4. The summed E-state index contributed by atoms with van der Waals surface area (Å²) in [5, 5.41) is 8.12. The Labute approximate surface area is 157 Å². The van der Waals surface area contributed by atoms with Crippen LogP contribution in [0.5, 0.6) is 0 Å². The lowest BCUT2D eigenvalue weighted by Gasteiger charge is -2.31. The van der Waals surface area contributed by atoms with Crippen LogP contribution in [0.4, 0.5) is 19.0 Å². The van der Waals surface area contributed by atoms with Crippen LogP contribution in [0.2, 0.25) is 0 Å². The van der Waals surface area contributed by atoms with E-state index in [1.165, 1.54) is 16.8 Å². The molecule has 7 heteroatoms. The molecule has 1 aromatic carbocycles. The van der Waals surface area contributed by atoms with Crippen molar-refractivity contribution < 1.29 is 13.2 Å². The van der Waals surface area contributed by atoms with Gasteiger partial charge in [0.1, 0.15) is 5.82 Å². The molecule has 2 aromatic rings. The summed E-state index contributed by atoms with van der Waals surface area (Å²) in [5.41, 5.74) is 1.48. The Kier molecular flexibility index (Phi) is 4.88. The highest BCUT2D eigenvalue weighted by Gasteiger charge is 2.36. The Morgan fingerprint density at radius 3 is 2.70 bits per heavy atom. The molecule has 2 aliphatic rings. The van der Waals surface area contributed by atoms with Gasteiger partial charge in [-0.05, 0) is 57.8 Å². The fourth-order valence-corrected chi connectivity index (χ4v) is 4.29. The average molecular weight is 378 g/mol. The molecule has 3 heterocycles. The van der Waals surface area contributed by atoms with E-state index in [4.69, 9.17) is 5.10 Å². The summed E-state index contributed by atoms with van der Waals surface area (Å²) in [7, 11) is 2.09. The smallest absolute Gasteiger partial charge is 0.370 e. The Morgan fingerprint density at radius 2 is 1.93 bits per heavy atom. The van der Waals surface area contributed by atoms with E-state index < -0.39 is 11.7 Å². The van der Waals surface area contributed by atoms with Crippen LogP contribution in [0.1, 0.15) is 55.0 Å². The summed E-state index contributed by atoms with van der Waals surface area (Å²) in [4.78, 5) is 2.29. The molecule has 1 fully saturated rings. The van der Waals surface area contributed by atoms with Gasteiger partial charge in [0, 0.05) is 12.1 Å². The standard InChI is InChI=1S/C20H25F3N4/c1-26-13-7-5-11-17(26)18-14-8-4-6-12-24-19(14)27(25-18)16-10-3-2-9-15(16)20(21,22)23/h2-3,9-10,17,24H,4-8,11-13H2,1H3. The molecule has 4 rings (SSSR count). The minimum absolute atomic E-state index is 0.0976. The molecule has 1 atom stereocenters. The van der Waals surface area contributed by atoms with Crippen molar-refractivity contribution in [1.82, 2.24) is 14.7 Å². The monoisotopic (exact) mass is 378 g/mol. The number of aromatic nitrogens is 2. The molecule has 1 unspecified atom stereocenters. The maximum atomic E-state index is 13.6. The third-order valence-corrected chi connectivity index (χ3v) is 5.68. The molecular formula is C20H25F3N4. The normalized spacial score (nSPS) is 21.4. The molecule has 4 nitrogen and oxygen atoms in total. The molecule has 0 amide bonds. The van der Waals surface area contributed by atoms with Crippen molar-refractivity contribution in [1.29, 1.82) is 0 Å². The van der Waals surface area contributed by atoms with E-state index in [9.17, 15) is 13.2 Å². The lowest BCUT2D eigenvalue weighted by atomic mass is 9.96. The Bertz CT molecular complexity index is 812. The van der Waals surface area contributed by atoms with Crippen LogP contribution in [-0.2, 0) is 12.6 Å². The lowest BCUT2D eigenvalue weighted by Crippen LogP contribution is -2.30. The highest BCUT2D eigenvalue weighted by molar-refractivity contribution is 5.57. The first-order valence-corrected chi connectivity index (χ1v) is 9.69. The SMILES string of the molecule is CN1CCCCC1c1nn(-c2ccccc2C(F)(F)F)c2c1CCCCN2. The number of piperidine rings is 1. The van der Waals surface area contributed by atoms with Crippen molar-refractivity contribution in [3.8, 4) is 5.69 Å². The van der Waals surface area contributed by atoms with Gasteiger partial charge in [0.25, 0.3) is 0 Å². The zero-order valence-electron chi connectivity index (χ0n) is 15.5. The Balaban J connectivity index is 1.87. The molecule has 0 spiro atoms. The molecular weight excluding hydrogens is 353 g/mol. The van der Waals surface area contributed by atoms with E-state index in [2.05, 4.69) is 17.3 Å². The van der Waals surface area contributed by atoms with Gasteiger partial charge in [0.2, 0.25) is 0 Å². The van der Waals surface area contributed by atoms with E-state index in [-0.39, 0.29) is 11.7 Å². The third-order valence-electron chi connectivity index (χ3n) is 5.68. The number of likely N-dealkylation sites (tertiary alicyclic amines) is 1. The van der Waals surface area contributed by atoms with E-state index in [1.54, 1.807) is 6.07 Å². The lowest BCUT2D eigenvalue weighted by molar-refractivity contribution is -0.137.